The molecular formula is C32H45N3O4. The van der Waals surface area contributed by atoms with E-state index in [2.05, 4.69) is 31.4 Å². The van der Waals surface area contributed by atoms with Crippen LogP contribution in [-0.4, -0.2) is 70.4 Å². The highest BCUT2D eigenvalue weighted by Crippen LogP contribution is 2.35. The van der Waals surface area contributed by atoms with Crippen molar-refractivity contribution in [3.63, 3.8) is 0 Å². The van der Waals surface area contributed by atoms with Crippen molar-refractivity contribution in [2.24, 2.45) is 0 Å². The Hall–Kier alpha value is -3.32. The number of aromatic hydroxyl groups is 1. The molecule has 0 aromatic heterocycles. The fraction of sp³-hybridized carbons (Fsp3) is 0.500. The molecule has 2 aliphatic heterocycles. The average Bonchev–Trinajstić information content (AvgIpc) is 3.42. The zero-order chi connectivity index (χ0) is 28.6. The van der Waals surface area contributed by atoms with Gasteiger partial charge in [0, 0.05) is 56.8 Å². The molecule has 0 spiro atoms. The summed E-state index contributed by atoms with van der Waals surface area (Å²) >= 11 is 0. The van der Waals surface area contributed by atoms with Gasteiger partial charge in [-0.05, 0) is 68.0 Å². The molecule has 0 radical (unpaired) electrons. The largest absolute Gasteiger partial charge is 0.504 e. The van der Waals surface area contributed by atoms with Gasteiger partial charge >= 0.3 is 0 Å². The Morgan fingerprint density at radius 1 is 1.05 bits per heavy atom. The molecule has 2 aromatic carbocycles. The van der Waals surface area contributed by atoms with Gasteiger partial charge in [0.15, 0.2) is 11.5 Å². The van der Waals surface area contributed by atoms with E-state index >= 15 is 0 Å². The van der Waals surface area contributed by atoms with Crippen molar-refractivity contribution in [2.75, 3.05) is 33.3 Å². The van der Waals surface area contributed by atoms with Gasteiger partial charge in [0.05, 0.1) is 7.11 Å². The number of aryl methyl sites for hydroxylation is 1. The van der Waals surface area contributed by atoms with Gasteiger partial charge in [-0.1, -0.05) is 38.1 Å². The molecule has 2 aliphatic rings. The third-order valence-corrected chi connectivity index (χ3v) is 7.82. The Morgan fingerprint density at radius 2 is 1.74 bits per heavy atom. The normalized spacial score (nSPS) is 15.3. The number of benzene rings is 2. The highest BCUT2D eigenvalue weighted by molar-refractivity contribution is 5.96. The van der Waals surface area contributed by atoms with E-state index in [4.69, 9.17) is 4.74 Å². The van der Waals surface area contributed by atoms with Gasteiger partial charge in [-0.15, -0.1) is 6.58 Å². The van der Waals surface area contributed by atoms with Crippen LogP contribution < -0.4 is 4.74 Å². The van der Waals surface area contributed by atoms with Crippen LogP contribution in [0.25, 0.3) is 0 Å². The number of hydrogen-bond acceptors (Lipinski definition) is 5. The summed E-state index contributed by atoms with van der Waals surface area (Å²) in [6.07, 6.45) is 4.72. The minimum atomic E-state index is -0.0815. The molecule has 7 nitrogen and oxygen atoms in total. The maximum atomic E-state index is 13.5. The summed E-state index contributed by atoms with van der Waals surface area (Å²) in [5, 5.41) is 9.88. The van der Waals surface area contributed by atoms with E-state index in [0.29, 0.717) is 44.8 Å². The van der Waals surface area contributed by atoms with Crippen LogP contribution in [0.1, 0.15) is 74.0 Å². The lowest BCUT2D eigenvalue weighted by Gasteiger charge is -2.36. The molecule has 1 N–H and O–H groups in total. The molecule has 1 fully saturated rings. The van der Waals surface area contributed by atoms with E-state index < -0.39 is 0 Å². The molecular weight excluding hydrogens is 490 g/mol. The number of carbonyl (C=O) groups excluding carboxylic acids is 2. The van der Waals surface area contributed by atoms with Gasteiger partial charge in [-0.3, -0.25) is 14.5 Å². The van der Waals surface area contributed by atoms with Crippen LogP contribution in [-0.2, 0) is 24.3 Å². The zero-order valence-electron chi connectivity index (χ0n) is 24.3. The molecule has 2 heterocycles. The molecule has 0 unspecified atom stereocenters. The van der Waals surface area contributed by atoms with E-state index in [9.17, 15) is 14.7 Å². The predicted octanol–water partition coefficient (Wildman–Crippen LogP) is 5.40. The monoisotopic (exact) mass is 535 g/mol. The quantitative estimate of drug-likeness (QED) is 0.435. The summed E-state index contributed by atoms with van der Waals surface area (Å²) in [5.41, 5.74) is 4.16. The third-order valence-electron chi connectivity index (χ3n) is 7.82. The average molecular weight is 536 g/mol. The number of hydrogen-bond donors (Lipinski definition) is 1. The van der Waals surface area contributed by atoms with E-state index in [1.807, 2.05) is 47.9 Å². The second-order valence-corrected chi connectivity index (χ2v) is 10.6. The Bertz CT molecular complexity index is 1150. The SMILES string of the molecule is C=CCCC(=O)N1CCN(C(=O)c2cccc3c2CN(C(C)(C)CCc2ccc(O)c(OC)c2)C3)CC1.CC. The molecule has 212 valence electrons. The first kappa shape index (κ1) is 30.2. The van der Waals surface area contributed by atoms with E-state index in [1.54, 1.807) is 19.3 Å². The summed E-state index contributed by atoms with van der Waals surface area (Å²) in [4.78, 5) is 32.0. The molecule has 2 amide bonds. The molecule has 0 saturated carbocycles. The van der Waals surface area contributed by atoms with Crippen LogP contribution in [0.4, 0.5) is 0 Å². The number of allylic oxidation sites excluding steroid dienone is 1. The van der Waals surface area contributed by atoms with E-state index in [0.717, 1.165) is 42.6 Å². The van der Waals surface area contributed by atoms with Gasteiger partial charge in [0.2, 0.25) is 5.91 Å². The highest BCUT2D eigenvalue weighted by Gasteiger charge is 2.35. The van der Waals surface area contributed by atoms with E-state index in [1.165, 1.54) is 5.56 Å². The summed E-state index contributed by atoms with van der Waals surface area (Å²) in [7, 11) is 1.56. The Balaban J connectivity index is 0.00000205. The second-order valence-electron chi connectivity index (χ2n) is 10.6. The van der Waals surface area contributed by atoms with Gasteiger partial charge in [-0.25, -0.2) is 0 Å². The van der Waals surface area contributed by atoms with Crippen LogP contribution in [0, 0.1) is 0 Å². The number of fused-ring (bicyclic) bond motifs is 1. The Labute approximate surface area is 234 Å². The summed E-state index contributed by atoms with van der Waals surface area (Å²) in [6, 6.07) is 11.6. The minimum absolute atomic E-state index is 0.0610. The first-order valence-corrected chi connectivity index (χ1v) is 14.1. The molecule has 4 rings (SSSR count). The number of methoxy groups -OCH3 is 1. The number of rotatable bonds is 9. The molecule has 0 bridgehead atoms. The summed E-state index contributed by atoms with van der Waals surface area (Å²) < 4.78 is 5.26. The smallest absolute Gasteiger partial charge is 0.254 e. The van der Waals surface area contributed by atoms with Crippen molar-refractivity contribution in [2.45, 2.75) is 72.0 Å². The maximum absolute atomic E-state index is 13.5. The molecule has 0 aliphatic carbocycles. The molecule has 1 saturated heterocycles. The number of piperazine rings is 1. The summed E-state index contributed by atoms with van der Waals surface area (Å²) in [6.45, 7) is 16.0. The number of phenols is 1. The van der Waals surface area contributed by atoms with Gasteiger partial charge in [0.1, 0.15) is 0 Å². The number of carbonyl (C=O) groups is 2. The van der Waals surface area contributed by atoms with E-state index in [-0.39, 0.29) is 23.1 Å². The van der Waals surface area contributed by atoms with Crippen molar-refractivity contribution < 1.29 is 19.4 Å². The Kier molecular flexibility index (Phi) is 10.6. The van der Waals surface area contributed by atoms with Crippen molar-refractivity contribution in [3.8, 4) is 11.5 Å². The first-order chi connectivity index (χ1) is 18.7. The molecule has 0 atom stereocenters. The van der Waals surface area contributed by atoms with Crippen LogP contribution in [0.3, 0.4) is 0 Å². The predicted molar refractivity (Wildman–Crippen MR) is 156 cm³/mol. The number of ether oxygens (including phenoxy) is 1. The van der Waals surface area contributed by atoms with Gasteiger partial charge < -0.3 is 19.6 Å². The standard InChI is InChI=1S/C30H39N3O4.C2H6/c1-5-6-10-28(35)31-15-17-32(18-16-31)29(36)24-9-7-8-23-20-33(21-25(23)24)30(2,3)14-13-22-11-12-26(34)27(19-22)37-4;1-2/h5,7-9,11-12,19,34H,1,6,10,13-18,20-21H2,2-4H3;1-2H3. The zero-order valence-corrected chi connectivity index (χ0v) is 24.3. The third kappa shape index (κ3) is 7.21. The number of phenolic OH excluding ortho intramolecular Hbond substituents is 1. The lowest BCUT2D eigenvalue weighted by Crippen LogP contribution is -2.50. The van der Waals surface area contributed by atoms with Gasteiger partial charge in [-0.2, -0.15) is 0 Å². The number of nitrogens with zero attached hydrogens (tertiary/aromatic N) is 3. The molecule has 7 heteroatoms. The van der Waals surface area contributed by atoms with Crippen LogP contribution in [0.2, 0.25) is 0 Å². The Morgan fingerprint density at radius 3 is 2.41 bits per heavy atom. The number of amides is 2. The summed E-state index contributed by atoms with van der Waals surface area (Å²) in [5.74, 6) is 0.842. The first-order valence-electron chi connectivity index (χ1n) is 14.1. The van der Waals surface area contributed by atoms with Crippen LogP contribution >= 0.6 is 0 Å². The molecule has 2 aromatic rings. The van der Waals surface area contributed by atoms with Gasteiger partial charge in [0.25, 0.3) is 5.91 Å². The second kappa shape index (κ2) is 13.7. The van der Waals surface area contributed by atoms with Crippen molar-refractivity contribution in [3.05, 3.63) is 71.3 Å². The van der Waals surface area contributed by atoms with Crippen molar-refractivity contribution >= 4 is 11.8 Å². The minimum Gasteiger partial charge on any atom is -0.504 e. The highest BCUT2D eigenvalue weighted by atomic mass is 16.5. The topological polar surface area (TPSA) is 73.3 Å². The fourth-order valence-electron chi connectivity index (χ4n) is 5.25. The van der Waals surface area contributed by atoms with Crippen LogP contribution in [0.5, 0.6) is 11.5 Å². The molecule has 39 heavy (non-hydrogen) atoms. The lowest BCUT2D eigenvalue weighted by atomic mass is 9.93. The fourth-order valence-corrected chi connectivity index (χ4v) is 5.25. The van der Waals surface area contributed by atoms with Crippen LogP contribution in [0.15, 0.2) is 49.1 Å². The van der Waals surface area contributed by atoms with Crippen molar-refractivity contribution in [1.29, 1.82) is 0 Å². The lowest BCUT2D eigenvalue weighted by molar-refractivity contribution is -0.132. The van der Waals surface area contributed by atoms with Crippen molar-refractivity contribution in [1.82, 2.24) is 14.7 Å². The maximum Gasteiger partial charge on any atom is 0.254 e.